The van der Waals surface area contributed by atoms with Gasteiger partial charge in [-0.05, 0) is 80.9 Å². The van der Waals surface area contributed by atoms with E-state index in [1.54, 1.807) is 0 Å². The second kappa shape index (κ2) is 8.79. The zero-order chi connectivity index (χ0) is 21.3. The Morgan fingerprint density at radius 3 is 2.71 bits per heavy atom. The highest BCUT2D eigenvalue weighted by atomic mass is 16.5. The Bertz CT molecular complexity index is 918. The maximum absolute atomic E-state index is 13.1. The monoisotopic (exact) mass is 422 g/mol. The van der Waals surface area contributed by atoms with E-state index in [0.717, 1.165) is 50.1 Å². The van der Waals surface area contributed by atoms with Gasteiger partial charge in [-0.15, -0.1) is 0 Å². The molecule has 2 aromatic rings. The van der Waals surface area contributed by atoms with Gasteiger partial charge in [-0.2, -0.15) is 0 Å². The van der Waals surface area contributed by atoms with E-state index in [1.165, 1.54) is 31.1 Å². The molecule has 3 fully saturated rings. The number of likely N-dealkylation sites (tertiary alicyclic amines) is 1. The zero-order valence-corrected chi connectivity index (χ0v) is 18.6. The molecule has 0 bridgehead atoms. The van der Waals surface area contributed by atoms with Crippen molar-refractivity contribution in [1.82, 2.24) is 9.80 Å². The van der Waals surface area contributed by atoms with Gasteiger partial charge in [-0.25, -0.2) is 0 Å². The molecule has 1 spiro atoms. The molecule has 2 saturated heterocycles. The minimum Gasteiger partial charge on any atom is -0.484 e. The molecule has 5 nitrogen and oxygen atoms in total. The summed E-state index contributed by atoms with van der Waals surface area (Å²) in [4.78, 5) is 17.7. The first-order chi connectivity index (χ1) is 15.1. The number of carbonyl (C=O) groups excluding carboxylic acids is 1. The molecule has 5 rings (SSSR count). The number of ether oxygens (including phenoxy) is 2. The van der Waals surface area contributed by atoms with Crippen molar-refractivity contribution >= 4 is 16.7 Å². The van der Waals surface area contributed by atoms with E-state index in [9.17, 15) is 4.79 Å². The Morgan fingerprint density at radius 2 is 1.94 bits per heavy atom. The van der Waals surface area contributed by atoms with Crippen LogP contribution < -0.4 is 4.74 Å². The lowest BCUT2D eigenvalue weighted by Gasteiger charge is -2.48. The van der Waals surface area contributed by atoms with Crippen LogP contribution in [0.15, 0.2) is 42.5 Å². The third kappa shape index (κ3) is 4.31. The summed E-state index contributed by atoms with van der Waals surface area (Å²) in [5.41, 5.74) is 0.0508. The number of benzene rings is 2. The van der Waals surface area contributed by atoms with Crippen molar-refractivity contribution in [2.75, 3.05) is 33.4 Å². The first-order valence-electron chi connectivity index (χ1n) is 11.9. The normalized spacial score (nSPS) is 28.9. The van der Waals surface area contributed by atoms with Gasteiger partial charge in [-0.3, -0.25) is 9.69 Å². The van der Waals surface area contributed by atoms with E-state index in [0.29, 0.717) is 6.04 Å². The lowest BCUT2D eigenvalue weighted by molar-refractivity contribution is -0.139. The van der Waals surface area contributed by atoms with Gasteiger partial charge in [0, 0.05) is 25.7 Å². The van der Waals surface area contributed by atoms with Gasteiger partial charge >= 0.3 is 0 Å². The summed E-state index contributed by atoms with van der Waals surface area (Å²) in [6.45, 7) is 3.27. The highest BCUT2D eigenvalue weighted by Crippen LogP contribution is 2.42. The Hall–Kier alpha value is -2.11. The fraction of sp³-hybridized carbons (Fsp3) is 0.577. The molecule has 5 heteroatoms. The standard InChI is InChI=1S/C26H34N2O3/c1-27(25(29)19-30-22-10-9-20-7-2-3-8-21(20)17-22)23-11-13-26(12-6-16-31-26)18-24(23)28-14-4-5-15-28/h2-3,7-10,17,23-24H,4-6,11-16,18-19H2,1H3/t23-,24-,26-/m0/s1. The predicted octanol–water partition coefficient (Wildman–Crippen LogP) is 4.24. The number of carbonyl (C=O) groups is 1. The Balaban J connectivity index is 1.25. The molecule has 3 atom stereocenters. The maximum Gasteiger partial charge on any atom is 0.260 e. The van der Waals surface area contributed by atoms with Gasteiger partial charge in [0.1, 0.15) is 5.75 Å². The van der Waals surface area contributed by atoms with Crippen molar-refractivity contribution in [3.05, 3.63) is 42.5 Å². The minimum absolute atomic E-state index is 0.0508. The van der Waals surface area contributed by atoms with Crippen LogP contribution in [0.2, 0.25) is 0 Å². The molecule has 0 aromatic heterocycles. The molecule has 1 aliphatic carbocycles. The van der Waals surface area contributed by atoms with Crippen LogP contribution in [0.4, 0.5) is 0 Å². The average molecular weight is 423 g/mol. The van der Waals surface area contributed by atoms with E-state index < -0.39 is 0 Å². The van der Waals surface area contributed by atoms with Gasteiger partial charge in [0.2, 0.25) is 0 Å². The number of likely N-dealkylation sites (N-methyl/N-ethyl adjacent to an activating group) is 1. The van der Waals surface area contributed by atoms with Crippen molar-refractivity contribution in [2.24, 2.45) is 0 Å². The summed E-state index contributed by atoms with van der Waals surface area (Å²) in [6, 6.07) is 14.8. The third-order valence-electron chi connectivity index (χ3n) is 7.69. The van der Waals surface area contributed by atoms with E-state index in [1.807, 2.05) is 42.3 Å². The Labute approximate surface area is 185 Å². The average Bonchev–Trinajstić information content (AvgIpc) is 3.50. The molecular weight excluding hydrogens is 388 g/mol. The van der Waals surface area contributed by atoms with E-state index >= 15 is 0 Å². The van der Waals surface area contributed by atoms with Crippen LogP contribution in [0.3, 0.4) is 0 Å². The topological polar surface area (TPSA) is 42.0 Å². The van der Waals surface area contributed by atoms with Crippen LogP contribution in [0.25, 0.3) is 10.8 Å². The van der Waals surface area contributed by atoms with Crippen molar-refractivity contribution in [3.63, 3.8) is 0 Å². The van der Waals surface area contributed by atoms with Gasteiger partial charge < -0.3 is 14.4 Å². The van der Waals surface area contributed by atoms with E-state index in [-0.39, 0.29) is 24.2 Å². The zero-order valence-electron chi connectivity index (χ0n) is 18.6. The smallest absolute Gasteiger partial charge is 0.260 e. The van der Waals surface area contributed by atoms with Gasteiger partial charge in [-0.1, -0.05) is 30.3 Å². The fourth-order valence-electron chi connectivity index (χ4n) is 5.92. The van der Waals surface area contributed by atoms with Crippen molar-refractivity contribution < 1.29 is 14.3 Å². The molecule has 1 amide bonds. The van der Waals surface area contributed by atoms with Crippen LogP contribution >= 0.6 is 0 Å². The van der Waals surface area contributed by atoms with E-state index in [2.05, 4.69) is 17.0 Å². The predicted molar refractivity (Wildman–Crippen MR) is 122 cm³/mol. The van der Waals surface area contributed by atoms with Crippen molar-refractivity contribution in [1.29, 1.82) is 0 Å². The third-order valence-corrected chi connectivity index (χ3v) is 7.69. The largest absolute Gasteiger partial charge is 0.484 e. The number of hydrogen-bond acceptors (Lipinski definition) is 4. The van der Waals surface area contributed by atoms with Crippen LogP contribution in [-0.2, 0) is 9.53 Å². The van der Waals surface area contributed by atoms with Gasteiger partial charge in [0.05, 0.1) is 5.60 Å². The summed E-state index contributed by atoms with van der Waals surface area (Å²) >= 11 is 0. The van der Waals surface area contributed by atoms with Crippen LogP contribution in [-0.4, -0.2) is 66.7 Å². The maximum atomic E-state index is 13.1. The second-order valence-electron chi connectivity index (χ2n) is 9.56. The molecule has 3 aliphatic rings. The Morgan fingerprint density at radius 1 is 1.13 bits per heavy atom. The number of hydrogen-bond donors (Lipinski definition) is 0. The van der Waals surface area contributed by atoms with Crippen LogP contribution in [0.1, 0.15) is 44.9 Å². The summed E-state index contributed by atoms with van der Waals surface area (Å²) < 4.78 is 12.2. The highest BCUT2D eigenvalue weighted by Gasteiger charge is 2.47. The second-order valence-corrected chi connectivity index (χ2v) is 9.56. The first kappa shape index (κ1) is 20.8. The molecular formula is C26H34N2O3. The SMILES string of the molecule is CN(C(=O)COc1ccc2ccccc2c1)[C@H]1CC[C@@]2(CCCO2)C[C@@H]1N1CCCC1. The molecule has 2 aromatic carbocycles. The number of nitrogens with zero attached hydrogens (tertiary/aromatic N) is 2. The quantitative estimate of drug-likeness (QED) is 0.723. The first-order valence-corrected chi connectivity index (χ1v) is 11.9. The molecule has 31 heavy (non-hydrogen) atoms. The Kier molecular flexibility index (Phi) is 5.89. The molecule has 166 valence electrons. The molecule has 0 radical (unpaired) electrons. The molecule has 0 N–H and O–H groups in total. The summed E-state index contributed by atoms with van der Waals surface area (Å²) in [5, 5.41) is 2.31. The van der Waals surface area contributed by atoms with E-state index in [4.69, 9.17) is 9.47 Å². The fourth-order valence-corrected chi connectivity index (χ4v) is 5.92. The molecule has 0 unspecified atom stereocenters. The lowest BCUT2D eigenvalue weighted by atomic mass is 9.76. The van der Waals surface area contributed by atoms with Crippen LogP contribution in [0, 0.1) is 0 Å². The molecule has 1 saturated carbocycles. The summed E-state index contributed by atoms with van der Waals surface area (Å²) in [7, 11) is 1.97. The highest BCUT2D eigenvalue weighted by molar-refractivity contribution is 5.84. The van der Waals surface area contributed by atoms with Gasteiger partial charge in [0.25, 0.3) is 5.91 Å². The number of amides is 1. The van der Waals surface area contributed by atoms with Crippen molar-refractivity contribution in [2.45, 2.75) is 62.6 Å². The number of rotatable bonds is 5. The van der Waals surface area contributed by atoms with Gasteiger partial charge in [0.15, 0.2) is 6.61 Å². The molecule has 2 aliphatic heterocycles. The van der Waals surface area contributed by atoms with Crippen molar-refractivity contribution in [3.8, 4) is 5.75 Å². The number of fused-ring (bicyclic) bond motifs is 1. The van der Waals surface area contributed by atoms with Crippen LogP contribution in [0.5, 0.6) is 5.75 Å². The molecule has 2 heterocycles. The summed E-state index contributed by atoms with van der Waals surface area (Å²) in [6.07, 6.45) is 8.00. The summed E-state index contributed by atoms with van der Waals surface area (Å²) in [5.74, 6) is 0.809. The lowest BCUT2D eigenvalue weighted by Crippen LogP contribution is -2.58. The minimum atomic E-state index is 0.0508.